The van der Waals surface area contributed by atoms with Crippen molar-refractivity contribution in [2.45, 2.75) is 0 Å². The Hall–Kier alpha value is -7.63. The zero-order valence-corrected chi connectivity index (χ0v) is 30.3. The second-order valence-electron chi connectivity index (χ2n) is 14.1. The van der Waals surface area contributed by atoms with Crippen LogP contribution in [0.2, 0.25) is 0 Å². The van der Waals surface area contributed by atoms with Crippen molar-refractivity contribution in [3.05, 3.63) is 200 Å². The number of aromatic nitrogens is 5. The van der Waals surface area contributed by atoms with Gasteiger partial charge in [-0.2, -0.15) is 9.97 Å². The standard InChI is InChI=1S/C51H33N5/c1-4-14-34(15-5-1)36-24-28-38(29-25-36)49-52-50(39-30-26-37(27-31-39)35-16-6-2-7-17-35)54-51(53-49)56-46-23-13-11-21-42(46)44-32-47-43(33-48(44)56)41-20-10-12-22-45(41)55(47)40-18-8-3-9-19-40/h1-33H. The van der Waals surface area contributed by atoms with E-state index in [0.717, 1.165) is 55.3 Å². The molecule has 5 nitrogen and oxygen atoms in total. The summed E-state index contributed by atoms with van der Waals surface area (Å²) in [4.78, 5) is 15.7. The van der Waals surface area contributed by atoms with E-state index >= 15 is 0 Å². The van der Waals surface area contributed by atoms with Gasteiger partial charge in [0.1, 0.15) is 0 Å². The maximum atomic E-state index is 5.27. The van der Waals surface area contributed by atoms with Crippen LogP contribution in [0.15, 0.2) is 200 Å². The molecule has 0 aliphatic rings. The number of fused-ring (bicyclic) bond motifs is 6. The number of rotatable bonds is 6. The molecule has 3 heterocycles. The summed E-state index contributed by atoms with van der Waals surface area (Å²) in [6, 6.07) is 70.3. The fourth-order valence-electron chi connectivity index (χ4n) is 8.11. The van der Waals surface area contributed by atoms with Crippen molar-refractivity contribution in [3.63, 3.8) is 0 Å². The molecule has 3 aromatic heterocycles. The highest BCUT2D eigenvalue weighted by Gasteiger charge is 2.21. The van der Waals surface area contributed by atoms with Gasteiger partial charge in [0.2, 0.25) is 5.95 Å². The summed E-state index contributed by atoms with van der Waals surface area (Å²) in [6.45, 7) is 0. The molecule has 11 rings (SSSR count). The van der Waals surface area contributed by atoms with Gasteiger partial charge in [0.25, 0.3) is 0 Å². The zero-order chi connectivity index (χ0) is 37.0. The first-order chi connectivity index (χ1) is 27.8. The Morgan fingerprint density at radius 3 is 1.14 bits per heavy atom. The lowest BCUT2D eigenvalue weighted by molar-refractivity contribution is 0.954. The predicted octanol–water partition coefficient (Wildman–Crippen LogP) is 12.7. The molecule has 0 fully saturated rings. The van der Waals surface area contributed by atoms with Gasteiger partial charge in [-0.3, -0.25) is 4.57 Å². The molecule has 0 aliphatic heterocycles. The zero-order valence-electron chi connectivity index (χ0n) is 30.3. The molecule has 0 amide bonds. The number of hydrogen-bond donors (Lipinski definition) is 0. The minimum Gasteiger partial charge on any atom is -0.309 e. The van der Waals surface area contributed by atoms with Crippen molar-refractivity contribution < 1.29 is 0 Å². The van der Waals surface area contributed by atoms with Crippen LogP contribution in [-0.2, 0) is 0 Å². The first kappa shape index (κ1) is 31.9. The highest BCUT2D eigenvalue weighted by atomic mass is 15.2. The summed E-state index contributed by atoms with van der Waals surface area (Å²) >= 11 is 0. The van der Waals surface area contributed by atoms with E-state index in [9.17, 15) is 0 Å². The smallest absolute Gasteiger partial charge is 0.238 e. The van der Waals surface area contributed by atoms with Crippen molar-refractivity contribution in [1.29, 1.82) is 0 Å². The van der Waals surface area contributed by atoms with Crippen molar-refractivity contribution in [3.8, 4) is 56.7 Å². The Morgan fingerprint density at radius 1 is 0.268 bits per heavy atom. The van der Waals surface area contributed by atoms with Crippen molar-refractivity contribution in [2.75, 3.05) is 0 Å². The number of para-hydroxylation sites is 3. The average molecular weight is 716 g/mol. The molecule has 0 atom stereocenters. The third kappa shape index (κ3) is 5.29. The molecule has 56 heavy (non-hydrogen) atoms. The van der Waals surface area contributed by atoms with Gasteiger partial charge in [0.05, 0.1) is 22.1 Å². The van der Waals surface area contributed by atoms with Gasteiger partial charge in [0.15, 0.2) is 11.6 Å². The van der Waals surface area contributed by atoms with Crippen LogP contribution in [0.25, 0.3) is 100 Å². The van der Waals surface area contributed by atoms with Crippen LogP contribution in [-0.4, -0.2) is 24.1 Å². The molecule has 0 saturated carbocycles. The summed E-state index contributed by atoms with van der Waals surface area (Å²) < 4.78 is 4.58. The van der Waals surface area contributed by atoms with Gasteiger partial charge >= 0.3 is 0 Å². The fraction of sp³-hybridized carbons (Fsp3) is 0. The topological polar surface area (TPSA) is 48.5 Å². The van der Waals surface area contributed by atoms with Crippen LogP contribution >= 0.6 is 0 Å². The lowest BCUT2D eigenvalue weighted by Gasteiger charge is -2.12. The lowest BCUT2D eigenvalue weighted by Crippen LogP contribution is -2.06. The van der Waals surface area contributed by atoms with Gasteiger partial charge in [-0.25, -0.2) is 4.98 Å². The molecule has 8 aromatic carbocycles. The van der Waals surface area contributed by atoms with Gasteiger partial charge in [-0.1, -0.05) is 164 Å². The van der Waals surface area contributed by atoms with E-state index in [1.165, 1.54) is 27.4 Å². The van der Waals surface area contributed by atoms with E-state index in [0.29, 0.717) is 17.6 Å². The molecular formula is C51H33N5. The minimum atomic E-state index is 0.571. The number of hydrogen-bond acceptors (Lipinski definition) is 3. The Balaban J connectivity index is 1.15. The van der Waals surface area contributed by atoms with E-state index in [1.807, 2.05) is 12.1 Å². The quantitative estimate of drug-likeness (QED) is 0.172. The molecule has 11 aromatic rings. The average Bonchev–Trinajstić information content (AvgIpc) is 3.78. The lowest BCUT2D eigenvalue weighted by atomic mass is 10.0. The van der Waals surface area contributed by atoms with Crippen LogP contribution in [0.4, 0.5) is 0 Å². The molecule has 0 N–H and O–H groups in total. The van der Waals surface area contributed by atoms with Crippen LogP contribution in [0.1, 0.15) is 0 Å². The third-order valence-corrected chi connectivity index (χ3v) is 10.8. The van der Waals surface area contributed by atoms with Crippen molar-refractivity contribution >= 4 is 43.6 Å². The van der Waals surface area contributed by atoms with Gasteiger partial charge < -0.3 is 4.57 Å². The minimum absolute atomic E-state index is 0.571. The highest BCUT2D eigenvalue weighted by Crippen LogP contribution is 2.39. The predicted molar refractivity (Wildman–Crippen MR) is 230 cm³/mol. The Bertz CT molecular complexity index is 3100. The van der Waals surface area contributed by atoms with Crippen molar-refractivity contribution in [2.24, 2.45) is 0 Å². The highest BCUT2D eigenvalue weighted by molar-refractivity contribution is 6.18. The Morgan fingerprint density at radius 2 is 0.643 bits per heavy atom. The Kier molecular flexibility index (Phi) is 7.42. The van der Waals surface area contributed by atoms with E-state index in [-0.39, 0.29) is 0 Å². The molecule has 0 radical (unpaired) electrons. The molecule has 5 heteroatoms. The summed E-state index contributed by atoms with van der Waals surface area (Å²) in [6.07, 6.45) is 0. The second kappa shape index (κ2) is 13.0. The van der Waals surface area contributed by atoms with Crippen LogP contribution in [0.3, 0.4) is 0 Å². The Labute approximate surface area is 323 Å². The molecule has 0 unspecified atom stereocenters. The van der Waals surface area contributed by atoms with Gasteiger partial charge in [-0.15, -0.1) is 0 Å². The van der Waals surface area contributed by atoms with Crippen molar-refractivity contribution in [1.82, 2.24) is 24.1 Å². The maximum Gasteiger partial charge on any atom is 0.238 e. The normalized spacial score (nSPS) is 11.6. The summed E-state index contributed by atoms with van der Waals surface area (Å²) in [5, 5.41) is 4.64. The summed E-state index contributed by atoms with van der Waals surface area (Å²) in [7, 11) is 0. The first-order valence-corrected chi connectivity index (χ1v) is 18.9. The van der Waals surface area contributed by atoms with E-state index in [4.69, 9.17) is 15.0 Å². The molecule has 262 valence electrons. The second-order valence-corrected chi connectivity index (χ2v) is 14.1. The number of benzene rings is 8. The van der Waals surface area contributed by atoms with Crippen LogP contribution in [0, 0.1) is 0 Å². The summed E-state index contributed by atoms with van der Waals surface area (Å²) in [5.41, 5.74) is 12.0. The molecular weight excluding hydrogens is 683 g/mol. The van der Waals surface area contributed by atoms with Crippen LogP contribution < -0.4 is 0 Å². The van der Waals surface area contributed by atoms with Gasteiger partial charge in [-0.05, 0) is 58.7 Å². The first-order valence-electron chi connectivity index (χ1n) is 18.9. The number of nitrogens with zero attached hydrogens (tertiary/aromatic N) is 5. The SMILES string of the molecule is c1ccc(-c2ccc(-c3nc(-c4ccc(-c5ccccc5)cc4)nc(-n4c5ccccc5c5cc6c(cc54)c4ccccc4n6-c4ccccc4)n3)cc2)cc1. The van der Waals surface area contributed by atoms with E-state index in [2.05, 4.69) is 197 Å². The maximum absolute atomic E-state index is 5.27. The van der Waals surface area contributed by atoms with E-state index in [1.54, 1.807) is 0 Å². The molecule has 0 spiro atoms. The van der Waals surface area contributed by atoms with Gasteiger partial charge in [0, 0.05) is 38.4 Å². The monoisotopic (exact) mass is 715 g/mol. The van der Waals surface area contributed by atoms with E-state index < -0.39 is 0 Å². The summed E-state index contributed by atoms with van der Waals surface area (Å²) in [5.74, 6) is 1.80. The van der Waals surface area contributed by atoms with Crippen LogP contribution in [0.5, 0.6) is 0 Å². The molecule has 0 bridgehead atoms. The largest absolute Gasteiger partial charge is 0.309 e. The third-order valence-electron chi connectivity index (χ3n) is 10.8. The fourth-order valence-corrected chi connectivity index (χ4v) is 8.11. The molecule has 0 saturated heterocycles. The molecule has 0 aliphatic carbocycles.